The van der Waals surface area contributed by atoms with Crippen molar-refractivity contribution in [3.05, 3.63) is 51.6 Å². The molecule has 1 atom stereocenters. The van der Waals surface area contributed by atoms with Gasteiger partial charge in [0, 0.05) is 5.52 Å². The number of aromatic amines is 1. The van der Waals surface area contributed by atoms with Gasteiger partial charge in [-0.25, -0.2) is 4.68 Å². The first-order valence-corrected chi connectivity index (χ1v) is 12.0. The molecule has 31 heavy (non-hydrogen) atoms. The quantitative estimate of drug-likeness (QED) is 0.615. The highest BCUT2D eigenvalue weighted by atomic mass is 16.1. The van der Waals surface area contributed by atoms with Crippen molar-refractivity contribution in [3.8, 4) is 0 Å². The molecule has 0 radical (unpaired) electrons. The molecule has 2 saturated carbocycles. The van der Waals surface area contributed by atoms with Gasteiger partial charge in [-0.3, -0.25) is 4.79 Å². The second-order valence-corrected chi connectivity index (χ2v) is 9.37. The zero-order valence-electron chi connectivity index (χ0n) is 18.4. The van der Waals surface area contributed by atoms with E-state index in [1.165, 1.54) is 61.8 Å². The molecule has 1 aromatic carbocycles. The number of fused-ring (bicyclic) bond motifs is 1. The third kappa shape index (κ3) is 4.28. The van der Waals surface area contributed by atoms with Crippen molar-refractivity contribution in [2.75, 3.05) is 0 Å². The minimum Gasteiger partial charge on any atom is -0.322 e. The third-order valence-electron chi connectivity index (χ3n) is 7.36. The second-order valence-electron chi connectivity index (χ2n) is 9.37. The summed E-state index contributed by atoms with van der Waals surface area (Å²) >= 11 is 0. The number of pyridine rings is 1. The maximum absolute atomic E-state index is 12.9. The van der Waals surface area contributed by atoms with Crippen LogP contribution in [0.15, 0.2) is 29.1 Å². The van der Waals surface area contributed by atoms with Crippen LogP contribution >= 0.6 is 0 Å². The smallest absolute Gasteiger partial charge is 0.257 e. The monoisotopic (exact) mass is 421 g/mol. The van der Waals surface area contributed by atoms with E-state index in [1.807, 2.05) is 6.07 Å². The van der Waals surface area contributed by atoms with E-state index in [1.54, 1.807) is 0 Å². The summed E-state index contributed by atoms with van der Waals surface area (Å²) in [5.74, 6) is 0.972. The zero-order valence-corrected chi connectivity index (χ0v) is 18.4. The van der Waals surface area contributed by atoms with Crippen LogP contribution in [0, 0.1) is 0 Å². The van der Waals surface area contributed by atoms with E-state index in [0.29, 0.717) is 18.6 Å². The highest BCUT2D eigenvalue weighted by Gasteiger charge is 2.30. The first kappa shape index (κ1) is 20.4. The molecule has 1 unspecified atom stereocenters. The van der Waals surface area contributed by atoms with E-state index < -0.39 is 0 Å². The number of hydrogen-bond acceptors (Lipinski definition) is 4. The van der Waals surface area contributed by atoms with Gasteiger partial charge in [0.15, 0.2) is 0 Å². The molecule has 0 bridgehead atoms. The predicted molar refractivity (Wildman–Crippen MR) is 120 cm³/mol. The lowest BCUT2D eigenvalue weighted by atomic mass is 10.1. The van der Waals surface area contributed by atoms with Crippen LogP contribution in [0.2, 0.25) is 0 Å². The van der Waals surface area contributed by atoms with Gasteiger partial charge in [-0.05, 0) is 84.5 Å². The summed E-state index contributed by atoms with van der Waals surface area (Å²) in [6, 6.07) is 9.41. The van der Waals surface area contributed by atoms with Gasteiger partial charge in [0.25, 0.3) is 5.56 Å². The Kier molecular flexibility index (Phi) is 5.85. The predicted octanol–water partition coefficient (Wildman–Crippen LogP) is 2.72. The minimum atomic E-state index is 0.0302. The maximum Gasteiger partial charge on any atom is 0.257 e. The van der Waals surface area contributed by atoms with Crippen molar-refractivity contribution >= 4 is 10.9 Å². The average Bonchev–Trinajstić information content (AvgIpc) is 3.55. The Labute approximate surface area is 182 Å². The second kappa shape index (κ2) is 8.91. The zero-order chi connectivity index (χ0) is 21.2. The Balaban J connectivity index is 1.44. The van der Waals surface area contributed by atoms with Gasteiger partial charge in [-0.15, -0.1) is 5.10 Å². The van der Waals surface area contributed by atoms with Crippen LogP contribution < -0.4 is 10.5 Å². The molecule has 7 nitrogen and oxygen atoms in total. The van der Waals surface area contributed by atoms with Gasteiger partial charge in [0.2, 0.25) is 5.82 Å². The summed E-state index contributed by atoms with van der Waals surface area (Å²) < 4.78 is 2.07. The number of nitrogens with zero attached hydrogens (tertiary/aromatic N) is 4. The first-order valence-electron chi connectivity index (χ1n) is 12.0. The van der Waals surface area contributed by atoms with E-state index in [4.69, 9.17) is 0 Å². The van der Waals surface area contributed by atoms with E-state index >= 15 is 0 Å². The molecule has 7 heteroatoms. The summed E-state index contributed by atoms with van der Waals surface area (Å²) in [7, 11) is 0. The highest BCUT2D eigenvalue weighted by molar-refractivity contribution is 5.79. The Bertz CT molecular complexity index is 1090. The number of aromatic nitrogens is 5. The molecule has 2 fully saturated rings. The van der Waals surface area contributed by atoms with Crippen LogP contribution in [-0.2, 0) is 19.5 Å². The number of tetrazole rings is 1. The molecule has 2 aliphatic rings. The van der Waals surface area contributed by atoms with Gasteiger partial charge >= 0.3 is 0 Å². The van der Waals surface area contributed by atoms with E-state index in [2.05, 4.69) is 50.3 Å². The number of H-pyrrole nitrogens is 1. The molecule has 0 saturated heterocycles. The molecule has 164 valence electrons. The highest BCUT2D eigenvalue weighted by Crippen LogP contribution is 2.29. The number of quaternary nitrogens is 1. The summed E-state index contributed by atoms with van der Waals surface area (Å²) in [5, 5.41) is 13.9. The molecule has 2 aromatic heterocycles. The standard InChI is InChI=1S/C24H32N6O/c1-2-17-11-12-22-18(13-17)14-19(24(31)25-22)15-29(20-7-3-4-8-20)16-23-26-27-28-30(23)21-9-5-6-10-21/h11-14,20-21H,2-10,15-16H2,1H3,(H,25,31)/p+1. The van der Waals surface area contributed by atoms with Crippen LogP contribution in [0.5, 0.6) is 0 Å². The Morgan fingerprint density at radius 2 is 1.84 bits per heavy atom. The molecule has 3 aromatic rings. The maximum atomic E-state index is 12.9. The molecule has 0 aliphatic heterocycles. The Morgan fingerprint density at radius 3 is 2.61 bits per heavy atom. The van der Waals surface area contributed by atoms with Crippen LogP contribution in [0.1, 0.15) is 81.3 Å². The lowest BCUT2D eigenvalue weighted by molar-refractivity contribution is -0.952. The Hall–Kier alpha value is -2.54. The summed E-state index contributed by atoms with van der Waals surface area (Å²) in [6.07, 6.45) is 10.8. The first-order chi connectivity index (χ1) is 15.2. The van der Waals surface area contributed by atoms with Crippen molar-refractivity contribution in [3.63, 3.8) is 0 Å². The van der Waals surface area contributed by atoms with Crippen molar-refractivity contribution in [2.24, 2.45) is 0 Å². The van der Waals surface area contributed by atoms with Gasteiger partial charge in [0.05, 0.1) is 17.6 Å². The summed E-state index contributed by atoms with van der Waals surface area (Å²) in [5.41, 5.74) is 3.10. The minimum absolute atomic E-state index is 0.0302. The largest absolute Gasteiger partial charge is 0.322 e. The van der Waals surface area contributed by atoms with Crippen molar-refractivity contribution in [1.29, 1.82) is 0 Å². The van der Waals surface area contributed by atoms with Gasteiger partial charge in [-0.2, -0.15) is 0 Å². The summed E-state index contributed by atoms with van der Waals surface area (Å²) in [4.78, 5) is 17.4. The molecule has 2 N–H and O–H groups in total. The van der Waals surface area contributed by atoms with Crippen LogP contribution in [0.25, 0.3) is 10.9 Å². The third-order valence-corrected chi connectivity index (χ3v) is 7.36. The van der Waals surface area contributed by atoms with Crippen molar-refractivity contribution in [1.82, 2.24) is 25.2 Å². The average molecular weight is 422 g/mol. The molecular weight excluding hydrogens is 388 g/mol. The molecule has 0 amide bonds. The van der Waals surface area contributed by atoms with Gasteiger partial charge in [-0.1, -0.05) is 25.8 Å². The van der Waals surface area contributed by atoms with Crippen LogP contribution in [-0.4, -0.2) is 31.2 Å². The number of benzene rings is 1. The molecule has 2 aliphatic carbocycles. The topological polar surface area (TPSA) is 80.9 Å². The molecule has 2 heterocycles. The van der Waals surface area contributed by atoms with Crippen molar-refractivity contribution in [2.45, 2.75) is 89.9 Å². The Morgan fingerprint density at radius 1 is 1.06 bits per heavy atom. The number of rotatable bonds is 7. The van der Waals surface area contributed by atoms with E-state index in [-0.39, 0.29) is 5.56 Å². The van der Waals surface area contributed by atoms with Crippen LogP contribution in [0.4, 0.5) is 0 Å². The van der Waals surface area contributed by atoms with E-state index in [0.717, 1.165) is 35.3 Å². The fourth-order valence-corrected chi connectivity index (χ4v) is 5.55. The number of nitrogens with one attached hydrogen (secondary N) is 2. The van der Waals surface area contributed by atoms with Crippen molar-refractivity contribution < 1.29 is 4.90 Å². The lowest BCUT2D eigenvalue weighted by Crippen LogP contribution is -3.13. The van der Waals surface area contributed by atoms with Gasteiger partial charge < -0.3 is 9.88 Å². The fourth-order valence-electron chi connectivity index (χ4n) is 5.55. The molecule has 5 rings (SSSR count). The van der Waals surface area contributed by atoms with Crippen LogP contribution in [0.3, 0.4) is 0 Å². The SMILES string of the molecule is CCc1ccc2[nH]c(=O)c(C[NH+](Cc3nnnn3C3CCCC3)C3CCCC3)cc2c1. The molecule has 0 spiro atoms. The normalized spacial score (nSPS) is 18.9. The lowest BCUT2D eigenvalue weighted by Gasteiger charge is -2.25. The van der Waals surface area contributed by atoms with Gasteiger partial charge in [0.1, 0.15) is 13.1 Å². The number of hydrogen-bond donors (Lipinski definition) is 2. The number of aryl methyl sites for hydroxylation is 1. The summed E-state index contributed by atoms with van der Waals surface area (Å²) in [6.45, 7) is 3.65. The van der Waals surface area contributed by atoms with E-state index in [9.17, 15) is 4.79 Å². The fraction of sp³-hybridized carbons (Fsp3) is 0.583. The molecular formula is C24H33N6O+.